The first-order valence-electron chi connectivity index (χ1n) is 8.94. The summed E-state index contributed by atoms with van der Waals surface area (Å²) in [6, 6.07) is 10.0. The van der Waals surface area contributed by atoms with Gasteiger partial charge in [-0.05, 0) is 42.7 Å². The van der Waals surface area contributed by atoms with Crippen LogP contribution in [-0.2, 0) is 14.8 Å². The monoisotopic (exact) mass is 458 g/mol. The lowest BCUT2D eigenvalue weighted by atomic mass is 10.0. The fraction of sp³-hybridized carbons (Fsp3) is 0.350. The van der Waals surface area contributed by atoms with Crippen LogP contribution in [0.3, 0.4) is 0 Å². The Morgan fingerprint density at radius 1 is 1.24 bits per heavy atom. The van der Waals surface area contributed by atoms with Gasteiger partial charge < -0.3 is 10.1 Å². The molecule has 2 aromatic carbocycles. The van der Waals surface area contributed by atoms with E-state index in [1.807, 2.05) is 32.0 Å². The smallest absolute Gasteiger partial charge is 0.241 e. The van der Waals surface area contributed by atoms with Crippen molar-refractivity contribution in [2.24, 2.45) is 0 Å². The minimum absolute atomic E-state index is 0.0743. The standard InChI is InChI=1S/C20H24Cl2N2O4S/c1-5-16(14-9-10-18(28-3)13(2)11-14)23-19(25)12-24(29(4,26)27)17-8-6-7-15(21)20(17)22/h6-11,16H,5,12H2,1-4H3,(H,23,25)/t16-/m1/s1. The fourth-order valence-corrected chi connectivity index (χ4v) is 4.28. The number of carbonyl (C=O) groups excluding carboxylic acids is 1. The summed E-state index contributed by atoms with van der Waals surface area (Å²) in [7, 11) is -2.16. The molecule has 0 unspecified atom stereocenters. The summed E-state index contributed by atoms with van der Waals surface area (Å²) >= 11 is 12.2. The van der Waals surface area contributed by atoms with Crippen LogP contribution in [0.2, 0.25) is 10.0 Å². The molecule has 1 N–H and O–H groups in total. The molecule has 9 heteroatoms. The van der Waals surface area contributed by atoms with Crippen LogP contribution in [0.4, 0.5) is 5.69 Å². The van der Waals surface area contributed by atoms with E-state index in [1.165, 1.54) is 6.07 Å². The largest absolute Gasteiger partial charge is 0.496 e. The minimum atomic E-state index is -3.76. The summed E-state index contributed by atoms with van der Waals surface area (Å²) in [5, 5.41) is 3.17. The minimum Gasteiger partial charge on any atom is -0.496 e. The van der Waals surface area contributed by atoms with E-state index in [9.17, 15) is 13.2 Å². The number of aryl methyl sites for hydroxylation is 1. The van der Waals surface area contributed by atoms with E-state index >= 15 is 0 Å². The molecule has 29 heavy (non-hydrogen) atoms. The average Bonchev–Trinajstić information content (AvgIpc) is 2.65. The Kier molecular flexibility index (Phi) is 7.80. The Morgan fingerprint density at radius 3 is 2.48 bits per heavy atom. The van der Waals surface area contributed by atoms with Gasteiger partial charge in [0, 0.05) is 0 Å². The highest BCUT2D eigenvalue weighted by Gasteiger charge is 2.25. The summed E-state index contributed by atoms with van der Waals surface area (Å²) in [6.45, 7) is 3.45. The molecule has 6 nitrogen and oxygen atoms in total. The van der Waals surface area contributed by atoms with Gasteiger partial charge in [-0.2, -0.15) is 0 Å². The SMILES string of the molecule is CC[C@@H](NC(=O)CN(c1cccc(Cl)c1Cl)S(C)(=O)=O)c1ccc(OC)c(C)c1. The van der Waals surface area contributed by atoms with E-state index in [1.54, 1.807) is 19.2 Å². The molecule has 2 aromatic rings. The first-order chi connectivity index (χ1) is 13.6. The van der Waals surface area contributed by atoms with Crippen LogP contribution in [0.15, 0.2) is 36.4 Å². The Morgan fingerprint density at radius 2 is 1.93 bits per heavy atom. The van der Waals surface area contributed by atoms with Crippen LogP contribution in [-0.4, -0.2) is 34.2 Å². The molecular weight excluding hydrogens is 435 g/mol. The normalized spacial score (nSPS) is 12.3. The predicted octanol–water partition coefficient (Wildman–Crippen LogP) is 4.34. The Labute approximate surface area is 181 Å². The number of methoxy groups -OCH3 is 1. The molecule has 0 fully saturated rings. The second kappa shape index (κ2) is 9.69. The maximum Gasteiger partial charge on any atom is 0.241 e. The highest BCUT2D eigenvalue weighted by atomic mass is 35.5. The van der Waals surface area contributed by atoms with Gasteiger partial charge in [-0.1, -0.05) is 48.3 Å². The van der Waals surface area contributed by atoms with Crippen LogP contribution in [0, 0.1) is 6.92 Å². The summed E-state index contributed by atoms with van der Waals surface area (Å²) in [5.74, 6) is 0.306. The molecule has 1 amide bonds. The third-order valence-electron chi connectivity index (χ3n) is 4.45. The Hall–Kier alpha value is -1.96. The summed E-state index contributed by atoms with van der Waals surface area (Å²) in [4.78, 5) is 12.7. The van der Waals surface area contributed by atoms with Crippen LogP contribution in [0.1, 0.15) is 30.5 Å². The molecule has 0 spiro atoms. The molecule has 1 atom stereocenters. The van der Waals surface area contributed by atoms with Gasteiger partial charge >= 0.3 is 0 Å². The first-order valence-corrected chi connectivity index (χ1v) is 11.5. The number of nitrogens with zero attached hydrogens (tertiary/aromatic N) is 1. The van der Waals surface area contributed by atoms with Crippen LogP contribution >= 0.6 is 23.2 Å². The number of benzene rings is 2. The van der Waals surface area contributed by atoms with E-state index in [2.05, 4.69) is 5.32 Å². The number of halogens is 2. The zero-order chi connectivity index (χ0) is 21.8. The van der Waals surface area contributed by atoms with Gasteiger partial charge in [0.2, 0.25) is 15.9 Å². The Bertz CT molecular complexity index is 996. The lowest BCUT2D eigenvalue weighted by Gasteiger charge is -2.25. The van der Waals surface area contributed by atoms with Crippen molar-refractivity contribution in [2.45, 2.75) is 26.3 Å². The molecule has 0 bridgehead atoms. The lowest BCUT2D eigenvalue weighted by Crippen LogP contribution is -2.41. The zero-order valence-electron chi connectivity index (χ0n) is 16.7. The van der Waals surface area contributed by atoms with Crippen LogP contribution < -0.4 is 14.4 Å². The molecule has 0 aliphatic rings. The number of amides is 1. The predicted molar refractivity (Wildman–Crippen MR) is 118 cm³/mol. The third kappa shape index (κ3) is 5.78. The van der Waals surface area contributed by atoms with Crippen molar-refractivity contribution < 1.29 is 17.9 Å². The van der Waals surface area contributed by atoms with E-state index in [0.29, 0.717) is 6.42 Å². The summed E-state index contributed by atoms with van der Waals surface area (Å²) < 4.78 is 30.8. The average molecular weight is 459 g/mol. The molecule has 158 valence electrons. The molecule has 0 aromatic heterocycles. The Balaban J connectivity index is 2.25. The second-order valence-electron chi connectivity index (χ2n) is 6.60. The molecule has 0 heterocycles. The number of hydrogen-bond donors (Lipinski definition) is 1. The number of nitrogens with one attached hydrogen (secondary N) is 1. The van der Waals surface area contributed by atoms with Crippen molar-refractivity contribution >= 4 is 44.8 Å². The fourth-order valence-electron chi connectivity index (χ4n) is 2.98. The second-order valence-corrected chi connectivity index (χ2v) is 9.29. The van der Waals surface area contributed by atoms with E-state index in [4.69, 9.17) is 27.9 Å². The number of carbonyl (C=O) groups is 1. The van der Waals surface area contributed by atoms with Gasteiger partial charge in [-0.15, -0.1) is 0 Å². The van der Waals surface area contributed by atoms with Gasteiger partial charge in [-0.25, -0.2) is 8.42 Å². The maximum atomic E-state index is 12.7. The number of ether oxygens (including phenoxy) is 1. The molecule has 2 rings (SSSR count). The van der Waals surface area contributed by atoms with Crippen molar-refractivity contribution in [2.75, 3.05) is 24.2 Å². The number of rotatable bonds is 8. The van der Waals surface area contributed by atoms with Gasteiger partial charge in [0.15, 0.2) is 0 Å². The third-order valence-corrected chi connectivity index (χ3v) is 6.39. The first kappa shape index (κ1) is 23.3. The molecule has 0 radical (unpaired) electrons. The van der Waals surface area contributed by atoms with E-state index < -0.39 is 22.5 Å². The van der Waals surface area contributed by atoms with Gasteiger partial charge in [0.05, 0.1) is 35.1 Å². The van der Waals surface area contributed by atoms with Gasteiger partial charge in [-0.3, -0.25) is 9.10 Å². The maximum absolute atomic E-state index is 12.7. The molecule has 0 saturated heterocycles. The van der Waals surface area contributed by atoms with Crippen LogP contribution in [0.5, 0.6) is 5.75 Å². The van der Waals surface area contributed by atoms with Crippen molar-refractivity contribution in [3.8, 4) is 5.75 Å². The lowest BCUT2D eigenvalue weighted by molar-refractivity contribution is -0.120. The zero-order valence-corrected chi connectivity index (χ0v) is 19.0. The quantitative estimate of drug-likeness (QED) is 0.637. The van der Waals surface area contributed by atoms with E-state index in [0.717, 1.165) is 27.4 Å². The number of hydrogen-bond acceptors (Lipinski definition) is 4. The highest BCUT2D eigenvalue weighted by Crippen LogP contribution is 2.33. The highest BCUT2D eigenvalue weighted by molar-refractivity contribution is 7.92. The van der Waals surface area contributed by atoms with Crippen molar-refractivity contribution in [1.82, 2.24) is 5.32 Å². The topological polar surface area (TPSA) is 75.7 Å². The summed E-state index contributed by atoms with van der Waals surface area (Å²) in [6.07, 6.45) is 1.65. The molecular formula is C20H24Cl2N2O4S. The molecule has 0 saturated carbocycles. The van der Waals surface area contributed by atoms with Crippen LogP contribution in [0.25, 0.3) is 0 Å². The van der Waals surface area contributed by atoms with Crippen molar-refractivity contribution in [3.05, 3.63) is 57.6 Å². The molecule has 0 aliphatic heterocycles. The van der Waals surface area contributed by atoms with Gasteiger partial charge in [0.1, 0.15) is 12.3 Å². The van der Waals surface area contributed by atoms with Crippen molar-refractivity contribution in [1.29, 1.82) is 0 Å². The van der Waals surface area contributed by atoms with Crippen molar-refractivity contribution in [3.63, 3.8) is 0 Å². The number of sulfonamides is 1. The molecule has 0 aliphatic carbocycles. The van der Waals surface area contributed by atoms with Gasteiger partial charge in [0.25, 0.3) is 0 Å². The summed E-state index contributed by atoms with van der Waals surface area (Å²) in [5.41, 5.74) is 2.01. The number of anilines is 1. The van der Waals surface area contributed by atoms with E-state index in [-0.39, 0.29) is 21.8 Å².